The van der Waals surface area contributed by atoms with Gasteiger partial charge in [-0.05, 0) is 37.5 Å². The minimum absolute atomic E-state index is 0.201. The molecule has 1 N–H and O–H groups in total. The van der Waals surface area contributed by atoms with Crippen molar-refractivity contribution in [1.29, 1.82) is 0 Å². The quantitative estimate of drug-likeness (QED) is 0.731. The van der Waals surface area contributed by atoms with Crippen molar-refractivity contribution in [3.05, 3.63) is 0 Å². The number of carbonyl (C=O) groups excluding carboxylic acids is 1. The Kier molecular flexibility index (Phi) is 7.52. The van der Waals surface area contributed by atoms with Gasteiger partial charge < -0.3 is 14.8 Å². The highest BCUT2D eigenvalue weighted by atomic mass is 16.5. The van der Waals surface area contributed by atoms with E-state index in [1.165, 1.54) is 13.5 Å². The fourth-order valence-corrected chi connectivity index (χ4v) is 3.18. The first-order valence-electron chi connectivity index (χ1n) is 7.87. The van der Waals surface area contributed by atoms with Crippen molar-refractivity contribution < 1.29 is 14.3 Å². The predicted molar refractivity (Wildman–Crippen MR) is 80.6 cm³/mol. The molecular formula is C16H31NO3. The van der Waals surface area contributed by atoms with Gasteiger partial charge in [0, 0.05) is 12.6 Å². The number of hydrogen-bond acceptors (Lipinski definition) is 4. The molecule has 0 bridgehead atoms. The van der Waals surface area contributed by atoms with Crippen molar-refractivity contribution in [3.63, 3.8) is 0 Å². The summed E-state index contributed by atoms with van der Waals surface area (Å²) in [6, 6.07) is -0.00716. The largest absolute Gasteiger partial charge is 0.468 e. The number of methoxy groups -OCH3 is 1. The van der Waals surface area contributed by atoms with E-state index in [1.54, 1.807) is 0 Å². The Labute approximate surface area is 123 Å². The van der Waals surface area contributed by atoms with Crippen LogP contribution in [0.3, 0.4) is 0 Å². The Morgan fingerprint density at radius 2 is 1.80 bits per heavy atom. The zero-order chi connectivity index (χ0) is 15.1. The lowest BCUT2D eigenvalue weighted by Gasteiger charge is -2.31. The lowest BCUT2D eigenvalue weighted by molar-refractivity contribution is -0.144. The first kappa shape index (κ1) is 17.4. The number of hydrogen-bond donors (Lipinski definition) is 1. The van der Waals surface area contributed by atoms with Gasteiger partial charge in [-0.15, -0.1) is 0 Å². The Bertz CT molecular complexity index is 283. The molecule has 0 saturated heterocycles. The average molecular weight is 285 g/mol. The van der Waals surface area contributed by atoms with Crippen LogP contribution in [0.5, 0.6) is 0 Å². The van der Waals surface area contributed by atoms with E-state index in [2.05, 4.69) is 19.2 Å². The van der Waals surface area contributed by atoms with Crippen molar-refractivity contribution in [2.75, 3.05) is 13.7 Å². The minimum Gasteiger partial charge on any atom is -0.468 e. The van der Waals surface area contributed by atoms with Gasteiger partial charge in [0.05, 0.1) is 13.2 Å². The smallest absolute Gasteiger partial charge is 0.322 e. The molecule has 0 amide bonds. The first-order valence-corrected chi connectivity index (χ1v) is 7.87. The Morgan fingerprint density at radius 1 is 1.20 bits per heavy atom. The summed E-state index contributed by atoms with van der Waals surface area (Å²) >= 11 is 0. The molecule has 3 unspecified atom stereocenters. The monoisotopic (exact) mass is 285 g/mol. The maximum Gasteiger partial charge on any atom is 0.322 e. The fourth-order valence-electron chi connectivity index (χ4n) is 3.18. The second kappa shape index (κ2) is 8.63. The van der Waals surface area contributed by atoms with Gasteiger partial charge in [-0.2, -0.15) is 0 Å². The highest BCUT2D eigenvalue weighted by Crippen LogP contribution is 2.30. The van der Waals surface area contributed by atoms with Gasteiger partial charge in [0.1, 0.15) is 6.04 Å². The lowest BCUT2D eigenvalue weighted by atomic mass is 9.82. The summed E-state index contributed by atoms with van der Waals surface area (Å²) < 4.78 is 10.8. The molecule has 0 aromatic rings. The molecule has 1 aliphatic carbocycles. The summed E-state index contributed by atoms with van der Waals surface area (Å²) in [7, 11) is 1.43. The van der Waals surface area contributed by atoms with Crippen molar-refractivity contribution in [1.82, 2.24) is 5.32 Å². The van der Waals surface area contributed by atoms with Gasteiger partial charge in [0.25, 0.3) is 0 Å². The third-order valence-corrected chi connectivity index (χ3v) is 3.92. The summed E-state index contributed by atoms with van der Waals surface area (Å²) in [6.07, 6.45) is 4.62. The van der Waals surface area contributed by atoms with E-state index in [-0.39, 0.29) is 18.1 Å². The molecule has 0 radical (unpaired) electrons. The normalized spacial score (nSPS) is 28.4. The Hall–Kier alpha value is -0.610. The molecule has 4 nitrogen and oxygen atoms in total. The molecule has 1 fully saturated rings. The van der Waals surface area contributed by atoms with E-state index in [0.717, 1.165) is 24.7 Å². The summed E-state index contributed by atoms with van der Waals surface area (Å²) in [6.45, 7) is 9.26. The zero-order valence-electron chi connectivity index (χ0n) is 13.6. The molecule has 4 heteroatoms. The number of carbonyl (C=O) groups is 1. The molecular weight excluding hydrogens is 254 g/mol. The van der Waals surface area contributed by atoms with E-state index in [1.807, 2.05) is 13.8 Å². The van der Waals surface area contributed by atoms with E-state index in [4.69, 9.17) is 9.47 Å². The number of ether oxygens (including phenoxy) is 2. The van der Waals surface area contributed by atoms with E-state index >= 15 is 0 Å². The molecule has 118 valence electrons. The molecule has 0 aromatic heterocycles. The summed E-state index contributed by atoms with van der Waals surface area (Å²) in [5.74, 6) is 1.29. The molecule has 3 atom stereocenters. The number of esters is 1. The SMILES string of the molecule is COC(=O)C(CCOC1CC(C)CC(C)C1)NC(C)C. The maximum atomic E-state index is 11.7. The van der Waals surface area contributed by atoms with Crippen LogP contribution in [0.15, 0.2) is 0 Å². The highest BCUT2D eigenvalue weighted by molar-refractivity contribution is 5.75. The van der Waals surface area contributed by atoms with E-state index in [0.29, 0.717) is 19.1 Å². The van der Waals surface area contributed by atoms with Crippen LogP contribution in [-0.4, -0.2) is 37.9 Å². The van der Waals surface area contributed by atoms with Gasteiger partial charge >= 0.3 is 5.97 Å². The van der Waals surface area contributed by atoms with Crippen LogP contribution in [0.1, 0.15) is 53.4 Å². The van der Waals surface area contributed by atoms with Crippen molar-refractivity contribution in [2.24, 2.45) is 11.8 Å². The maximum absolute atomic E-state index is 11.7. The summed E-state index contributed by atoms with van der Waals surface area (Å²) in [5, 5.41) is 3.23. The lowest BCUT2D eigenvalue weighted by Crippen LogP contribution is -2.42. The molecule has 0 aliphatic heterocycles. The zero-order valence-corrected chi connectivity index (χ0v) is 13.6. The second-order valence-corrected chi connectivity index (χ2v) is 6.60. The van der Waals surface area contributed by atoms with Crippen LogP contribution in [-0.2, 0) is 14.3 Å². The van der Waals surface area contributed by atoms with Crippen LogP contribution in [0.2, 0.25) is 0 Å². The molecule has 1 saturated carbocycles. The van der Waals surface area contributed by atoms with Gasteiger partial charge in [0.15, 0.2) is 0 Å². The molecule has 1 aliphatic rings. The second-order valence-electron chi connectivity index (χ2n) is 6.60. The third-order valence-electron chi connectivity index (χ3n) is 3.92. The summed E-state index contributed by atoms with van der Waals surface area (Å²) in [5.41, 5.74) is 0. The summed E-state index contributed by atoms with van der Waals surface area (Å²) in [4.78, 5) is 11.7. The topological polar surface area (TPSA) is 47.6 Å². The van der Waals surface area contributed by atoms with E-state index in [9.17, 15) is 4.79 Å². The third kappa shape index (κ3) is 6.23. The fraction of sp³-hybridized carbons (Fsp3) is 0.938. The van der Waals surface area contributed by atoms with Gasteiger partial charge in [-0.25, -0.2) is 0 Å². The minimum atomic E-state index is -0.265. The van der Waals surface area contributed by atoms with Gasteiger partial charge in [-0.3, -0.25) is 4.79 Å². The van der Waals surface area contributed by atoms with Crippen LogP contribution >= 0.6 is 0 Å². The molecule has 0 heterocycles. The van der Waals surface area contributed by atoms with Gasteiger partial charge in [0.2, 0.25) is 0 Å². The average Bonchev–Trinajstić information content (AvgIpc) is 2.35. The Morgan fingerprint density at radius 3 is 2.30 bits per heavy atom. The van der Waals surface area contributed by atoms with Crippen molar-refractivity contribution in [2.45, 2.75) is 71.6 Å². The van der Waals surface area contributed by atoms with Crippen molar-refractivity contribution in [3.8, 4) is 0 Å². The van der Waals surface area contributed by atoms with Crippen molar-refractivity contribution >= 4 is 5.97 Å². The van der Waals surface area contributed by atoms with Crippen LogP contribution in [0, 0.1) is 11.8 Å². The Balaban J connectivity index is 2.34. The van der Waals surface area contributed by atoms with Gasteiger partial charge in [-0.1, -0.05) is 27.7 Å². The predicted octanol–water partition coefficient (Wildman–Crippen LogP) is 2.76. The molecule has 0 spiro atoms. The number of rotatable bonds is 7. The standard InChI is InChI=1S/C16H31NO3/c1-11(2)17-15(16(18)19-5)6-7-20-14-9-12(3)8-13(4)10-14/h11-15,17H,6-10H2,1-5H3. The molecule has 20 heavy (non-hydrogen) atoms. The first-order chi connectivity index (χ1) is 9.42. The molecule has 1 rings (SSSR count). The van der Waals surface area contributed by atoms with Crippen LogP contribution in [0.25, 0.3) is 0 Å². The van der Waals surface area contributed by atoms with E-state index < -0.39 is 0 Å². The number of nitrogens with one attached hydrogen (secondary N) is 1. The van der Waals surface area contributed by atoms with Crippen LogP contribution < -0.4 is 5.32 Å². The highest BCUT2D eigenvalue weighted by Gasteiger charge is 2.25. The molecule has 0 aromatic carbocycles. The van der Waals surface area contributed by atoms with Crippen LogP contribution in [0.4, 0.5) is 0 Å².